The summed E-state index contributed by atoms with van der Waals surface area (Å²) in [4.78, 5) is 18.5. The Morgan fingerprint density at radius 1 is 0.907 bits per heavy atom. The van der Waals surface area contributed by atoms with Crippen LogP contribution in [0.15, 0.2) is 83.8 Å². The Balaban J connectivity index is 1.36. The Bertz CT molecular complexity index is 2010. The maximum absolute atomic E-state index is 13.4. The number of benzene rings is 3. The van der Waals surface area contributed by atoms with E-state index in [1.165, 1.54) is 15.9 Å². The van der Waals surface area contributed by atoms with Crippen molar-refractivity contribution in [2.75, 3.05) is 13.2 Å². The molecule has 6 rings (SSSR count). The second kappa shape index (κ2) is 12.5. The van der Waals surface area contributed by atoms with Gasteiger partial charge in [-0.2, -0.15) is 14.6 Å². The van der Waals surface area contributed by atoms with Crippen LogP contribution in [0.1, 0.15) is 42.8 Å². The van der Waals surface area contributed by atoms with Crippen LogP contribution in [0.2, 0.25) is 0 Å². The third kappa shape index (κ3) is 6.12. The normalized spacial score (nSPS) is 12.0. The Morgan fingerprint density at radius 3 is 2.42 bits per heavy atom. The monoisotopic (exact) mass is 589 g/mol. The Kier molecular flexibility index (Phi) is 8.15. The van der Waals surface area contributed by atoms with Gasteiger partial charge in [-0.05, 0) is 86.0 Å². The van der Waals surface area contributed by atoms with Crippen molar-refractivity contribution in [3.05, 3.63) is 116 Å². The van der Waals surface area contributed by atoms with E-state index in [-0.39, 0.29) is 5.56 Å². The van der Waals surface area contributed by atoms with Crippen molar-refractivity contribution >= 4 is 34.5 Å². The number of para-hydroxylation sites is 1. The molecule has 0 radical (unpaired) electrons. The van der Waals surface area contributed by atoms with E-state index in [0.29, 0.717) is 28.5 Å². The molecule has 0 aliphatic heterocycles. The van der Waals surface area contributed by atoms with Crippen LogP contribution >= 0.6 is 11.3 Å². The molecule has 43 heavy (non-hydrogen) atoms. The number of thiazole rings is 1. The highest BCUT2D eigenvalue weighted by molar-refractivity contribution is 7.15. The summed E-state index contributed by atoms with van der Waals surface area (Å²) >= 11 is 1.31. The molecule has 3 heterocycles. The van der Waals surface area contributed by atoms with E-state index in [9.17, 15) is 4.79 Å². The molecule has 0 spiro atoms. The van der Waals surface area contributed by atoms with E-state index in [0.717, 1.165) is 51.6 Å². The maximum Gasteiger partial charge on any atom is 0.291 e. The van der Waals surface area contributed by atoms with Crippen LogP contribution < -0.4 is 19.6 Å². The molecule has 0 fully saturated rings. The molecule has 216 valence electrons. The van der Waals surface area contributed by atoms with Crippen molar-refractivity contribution in [3.8, 4) is 28.4 Å². The lowest BCUT2D eigenvalue weighted by Crippen LogP contribution is -2.23. The number of ether oxygens (including phenoxy) is 2. The second-order valence-corrected chi connectivity index (χ2v) is 11.0. The van der Waals surface area contributed by atoms with Crippen LogP contribution in [-0.4, -0.2) is 37.6 Å². The van der Waals surface area contributed by atoms with Crippen LogP contribution in [0, 0.1) is 6.92 Å². The summed E-state index contributed by atoms with van der Waals surface area (Å²) in [5, 5.41) is 9.40. The van der Waals surface area contributed by atoms with Crippen LogP contribution in [0.3, 0.4) is 0 Å². The van der Waals surface area contributed by atoms with E-state index in [1.54, 1.807) is 6.08 Å². The van der Waals surface area contributed by atoms with Gasteiger partial charge in [0.1, 0.15) is 17.2 Å². The van der Waals surface area contributed by atoms with Crippen LogP contribution in [0.5, 0.6) is 11.5 Å². The van der Waals surface area contributed by atoms with Gasteiger partial charge in [-0.3, -0.25) is 4.79 Å². The van der Waals surface area contributed by atoms with Crippen LogP contribution in [0.4, 0.5) is 0 Å². The standard InChI is InChI=1S/C34H31N5O3S/c1-4-19-42-28-16-17-29(23(3)20-28)32-25(22-38(37-32)26-9-7-6-8-10-26)21-30-33(40)39-34(43-30)35-31(36-39)18-13-24-11-14-27(15-12-24)41-5-2/h6-18,20-22H,4-5,19H2,1-3H3/b18-13+,30-21-. The van der Waals surface area contributed by atoms with Crippen molar-refractivity contribution in [2.45, 2.75) is 27.2 Å². The number of hydrogen-bond donors (Lipinski definition) is 0. The molecule has 6 aromatic rings. The summed E-state index contributed by atoms with van der Waals surface area (Å²) in [6, 6.07) is 23.7. The SMILES string of the molecule is CCCOc1ccc(-c2nn(-c3ccccc3)cc2/C=c2\sc3nc(/C=C/c4ccc(OCC)cc4)nn3c2=O)c(C)c1. The van der Waals surface area contributed by atoms with Gasteiger partial charge in [0.05, 0.1) is 23.4 Å². The highest BCUT2D eigenvalue weighted by Gasteiger charge is 2.16. The molecule has 9 heteroatoms. The summed E-state index contributed by atoms with van der Waals surface area (Å²) in [6.45, 7) is 7.38. The molecule has 0 aliphatic carbocycles. The topological polar surface area (TPSA) is 83.5 Å². The average molecular weight is 590 g/mol. The molecule has 0 aliphatic rings. The molecular formula is C34H31N5O3S. The summed E-state index contributed by atoms with van der Waals surface area (Å²) < 4.78 is 15.1. The number of rotatable bonds is 10. The Hall–Kier alpha value is -5.02. The van der Waals surface area contributed by atoms with Crippen LogP contribution in [0.25, 0.3) is 40.1 Å². The minimum absolute atomic E-state index is 0.216. The molecule has 0 saturated heterocycles. The van der Waals surface area contributed by atoms with Crippen molar-refractivity contribution < 1.29 is 9.47 Å². The summed E-state index contributed by atoms with van der Waals surface area (Å²) in [7, 11) is 0. The van der Waals surface area contributed by atoms with Crippen LogP contribution in [-0.2, 0) is 0 Å². The van der Waals surface area contributed by atoms with Gasteiger partial charge in [-0.15, -0.1) is 5.10 Å². The third-order valence-corrected chi connectivity index (χ3v) is 7.75. The zero-order valence-electron chi connectivity index (χ0n) is 24.2. The van der Waals surface area contributed by atoms with E-state index in [2.05, 4.69) is 17.0 Å². The first-order valence-corrected chi connectivity index (χ1v) is 15.0. The Labute approximate surface area is 253 Å². The van der Waals surface area contributed by atoms with Gasteiger partial charge in [0.15, 0.2) is 5.82 Å². The summed E-state index contributed by atoms with van der Waals surface area (Å²) in [6.07, 6.45) is 8.49. The number of aryl methyl sites for hydroxylation is 1. The largest absolute Gasteiger partial charge is 0.494 e. The fourth-order valence-electron chi connectivity index (χ4n) is 4.70. The molecule has 0 N–H and O–H groups in total. The number of hydrogen-bond acceptors (Lipinski definition) is 7. The van der Waals surface area contributed by atoms with Gasteiger partial charge in [-0.25, -0.2) is 4.68 Å². The molecule has 3 aromatic heterocycles. The van der Waals surface area contributed by atoms with E-state index in [1.807, 2.05) is 110 Å². The molecule has 3 aromatic carbocycles. The number of aromatic nitrogens is 5. The minimum atomic E-state index is -0.216. The predicted octanol–water partition coefficient (Wildman–Crippen LogP) is 6.22. The minimum Gasteiger partial charge on any atom is -0.494 e. The van der Waals surface area contributed by atoms with Gasteiger partial charge in [0.2, 0.25) is 4.96 Å². The highest BCUT2D eigenvalue weighted by Crippen LogP contribution is 2.30. The third-order valence-electron chi connectivity index (χ3n) is 6.79. The van der Waals surface area contributed by atoms with E-state index >= 15 is 0 Å². The first kappa shape index (κ1) is 28.1. The lowest BCUT2D eigenvalue weighted by atomic mass is 10.0. The van der Waals surface area contributed by atoms with E-state index < -0.39 is 0 Å². The van der Waals surface area contributed by atoms with Gasteiger partial charge in [0, 0.05) is 17.3 Å². The first-order valence-electron chi connectivity index (χ1n) is 14.2. The highest BCUT2D eigenvalue weighted by atomic mass is 32.1. The fourth-order valence-corrected chi connectivity index (χ4v) is 5.61. The quantitative estimate of drug-likeness (QED) is 0.189. The molecule has 0 atom stereocenters. The predicted molar refractivity (Wildman–Crippen MR) is 172 cm³/mol. The fraction of sp³-hybridized carbons (Fsp3) is 0.176. The maximum atomic E-state index is 13.4. The molecule has 0 amide bonds. The lowest BCUT2D eigenvalue weighted by molar-refractivity contribution is 0.317. The molecule has 0 unspecified atom stereocenters. The molecule has 0 bridgehead atoms. The molecular weight excluding hydrogens is 558 g/mol. The van der Waals surface area contributed by atoms with Crippen molar-refractivity contribution in [3.63, 3.8) is 0 Å². The smallest absolute Gasteiger partial charge is 0.291 e. The van der Waals surface area contributed by atoms with Gasteiger partial charge in [0.25, 0.3) is 5.56 Å². The average Bonchev–Trinajstić information content (AvgIpc) is 3.71. The van der Waals surface area contributed by atoms with Gasteiger partial charge in [-0.1, -0.05) is 54.7 Å². The van der Waals surface area contributed by atoms with Gasteiger partial charge >= 0.3 is 0 Å². The van der Waals surface area contributed by atoms with Crippen molar-refractivity contribution in [1.29, 1.82) is 0 Å². The molecule has 8 nitrogen and oxygen atoms in total. The second-order valence-electron chi connectivity index (χ2n) is 9.95. The summed E-state index contributed by atoms with van der Waals surface area (Å²) in [5.41, 5.74) is 5.31. The van der Waals surface area contributed by atoms with Crippen molar-refractivity contribution in [2.24, 2.45) is 0 Å². The van der Waals surface area contributed by atoms with E-state index in [4.69, 9.17) is 14.6 Å². The zero-order valence-corrected chi connectivity index (χ0v) is 25.0. The zero-order chi connectivity index (χ0) is 29.8. The van der Waals surface area contributed by atoms with Gasteiger partial charge < -0.3 is 9.47 Å². The number of fused-ring (bicyclic) bond motifs is 1. The lowest BCUT2D eigenvalue weighted by Gasteiger charge is -2.09. The molecule has 0 saturated carbocycles. The van der Waals surface area contributed by atoms with Crippen molar-refractivity contribution in [1.82, 2.24) is 24.4 Å². The Morgan fingerprint density at radius 2 is 1.70 bits per heavy atom. The first-order chi connectivity index (χ1) is 21.0. The summed E-state index contributed by atoms with van der Waals surface area (Å²) in [5.74, 6) is 2.13. The number of nitrogens with zero attached hydrogens (tertiary/aromatic N) is 5.